The summed E-state index contributed by atoms with van der Waals surface area (Å²) in [5.74, 6) is 2.11. The van der Waals surface area contributed by atoms with E-state index >= 15 is 0 Å². The molecule has 2 N–H and O–H groups in total. The van der Waals surface area contributed by atoms with Gasteiger partial charge in [-0.05, 0) is 27.0 Å². The molecule has 102 valence electrons. The minimum absolute atomic E-state index is 0.147. The number of nitrogens with zero attached hydrogens (tertiary/aromatic N) is 2. The Morgan fingerprint density at radius 2 is 1.89 bits per heavy atom. The van der Waals surface area contributed by atoms with Crippen molar-refractivity contribution in [1.29, 1.82) is 0 Å². The molecular formula is C12H22N4OS. The highest BCUT2D eigenvalue weighted by Crippen LogP contribution is 2.30. The van der Waals surface area contributed by atoms with Crippen LogP contribution in [-0.4, -0.2) is 41.2 Å². The third kappa shape index (κ3) is 3.94. The Balaban J connectivity index is 2.85. The molecule has 1 rings (SSSR count). The minimum Gasteiger partial charge on any atom is -0.490 e. The molecule has 0 radical (unpaired) electrons. The van der Waals surface area contributed by atoms with E-state index in [-0.39, 0.29) is 4.75 Å². The van der Waals surface area contributed by atoms with Crippen molar-refractivity contribution in [3.8, 4) is 5.75 Å². The zero-order valence-electron chi connectivity index (χ0n) is 11.7. The first-order valence-corrected chi connectivity index (χ1v) is 7.18. The van der Waals surface area contributed by atoms with Crippen molar-refractivity contribution in [3.63, 3.8) is 0 Å². The molecule has 1 aromatic rings. The van der Waals surface area contributed by atoms with Gasteiger partial charge in [0.2, 0.25) is 5.75 Å². The molecule has 0 atom stereocenters. The van der Waals surface area contributed by atoms with Gasteiger partial charge in [0.15, 0.2) is 11.6 Å². The standard InChI is InChI=1S/C12H22N4OS/c1-6-13-10-9(17-4)11(16-8-15-10)14-7-12(2,3)18-5/h8H,6-7H2,1-5H3,(H2,13,14,15,16). The van der Waals surface area contributed by atoms with Gasteiger partial charge in [0.1, 0.15) is 6.33 Å². The average molecular weight is 270 g/mol. The zero-order valence-corrected chi connectivity index (χ0v) is 12.5. The average Bonchev–Trinajstić information content (AvgIpc) is 2.37. The van der Waals surface area contributed by atoms with Crippen molar-refractivity contribution in [2.75, 3.05) is 37.1 Å². The van der Waals surface area contributed by atoms with Gasteiger partial charge >= 0.3 is 0 Å². The van der Waals surface area contributed by atoms with Gasteiger partial charge in [0.05, 0.1) is 7.11 Å². The van der Waals surface area contributed by atoms with Crippen LogP contribution < -0.4 is 15.4 Å². The van der Waals surface area contributed by atoms with E-state index in [1.54, 1.807) is 7.11 Å². The van der Waals surface area contributed by atoms with Gasteiger partial charge in [-0.3, -0.25) is 0 Å². The predicted octanol–water partition coefficient (Wildman–Crippen LogP) is 2.47. The summed E-state index contributed by atoms with van der Waals surface area (Å²) in [5, 5.41) is 6.47. The van der Waals surface area contributed by atoms with Crippen molar-refractivity contribution in [2.45, 2.75) is 25.5 Å². The fourth-order valence-electron chi connectivity index (χ4n) is 1.36. The van der Waals surface area contributed by atoms with Gasteiger partial charge in [-0.1, -0.05) is 0 Å². The van der Waals surface area contributed by atoms with E-state index in [9.17, 15) is 0 Å². The van der Waals surface area contributed by atoms with Gasteiger partial charge in [0, 0.05) is 17.8 Å². The topological polar surface area (TPSA) is 59.1 Å². The van der Waals surface area contributed by atoms with E-state index in [2.05, 4.69) is 40.7 Å². The monoisotopic (exact) mass is 270 g/mol. The van der Waals surface area contributed by atoms with Crippen LogP contribution in [0.5, 0.6) is 5.75 Å². The van der Waals surface area contributed by atoms with Gasteiger partial charge in [0.25, 0.3) is 0 Å². The summed E-state index contributed by atoms with van der Waals surface area (Å²) in [4.78, 5) is 8.41. The van der Waals surface area contributed by atoms with Crippen LogP contribution in [0.25, 0.3) is 0 Å². The van der Waals surface area contributed by atoms with Crippen molar-refractivity contribution in [3.05, 3.63) is 6.33 Å². The van der Waals surface area contributed by atoms with E-state index in [4.69, 9.17) is 4.74 Å². The number of aromatic nitrogens is 2. The normalized spacial score (nSPS) is 11.2. The Hall–Kier alpha value is -1.17. The van der Waals surface area contributed by atoms with Crippen molar-refractivity contribution < 1.29 is 4.74 Å². The minimum atomic E-state index is 0.147. The first-order chi connectivity index (χ1) is 8.54. The second-order valence-electron chi connectivity index (χ2n) is 4.45. The Bertz CT molecular complexity index is 384. The van der Waals surface area contributed by atoms with E-state index in [1.807, 2.05) is 18.7 Å². The Labute approximate surface area is 113 Å². The molecule has 0 aliphatic heterocycles. The van der Waals surface area contributed by atoms with Crippen molar-refractivity contribution in [1.82, 2.24) is 9.97 Å². The first-order valence-electron chi connectivity index (χ1n) is 5.96. The maximum absolute atomic E-state index is 5.37. The lowest BCUT2D eigenvalue weighted by Crippen LogP contribution is -2.26. The second-order valence-corrected chi connectivity index (χ2v) is 5.97. The molecule has 18 heavy (non-hydrogen) atoms. The van der Waals surface area contributed by atoms with Crippen LogP contribution >= 0.6 is 11.8 Å². The SMILES string of the molecule is CCNc1ncnc(NCC(C)(C)SC)c1OC. The van der Waals surface area contributed by atoms with E-state index in [0.717, 1.165) is 24.7 Å². The molecule has 1 heterocycles. The number of thioether (sulfide) groups is 1. The molecule has 0 saturated heterocycles. The molecule has 6 heteroatoms. The van der Waals surface area contributed by atoms with Gasteiger partial charge in [-0.2, -0.15) is 11.8 Å². The fourth-order valence-corrected chi connectivity index (χ4v) is 1.57. The van der Waals surface area contributed by atoms with Crippen LogP contribution in [-0.2, 0) is 0 Å². The van der Waals surface area contributed by atoms with Crippen LogP contribution in [0.2, 0.25) is 0 Å². The number of rotatable bonds is 7. The number of anilines is 2. The summed E-state index contributed by atoms with van der Waals surface area (Å²) >= 11 is 1.81. The van der Waals surface area contributed by atoms with Crippen LogP contribution in [0.4, 0.5) is 11.6 Å². The summed E-state index contributed by atoms with van der Waals surface area (Å²) < 4.78 is 5.52. The lowest BCUT2D eigenvalue weighted by atomic mass is 10.2. The third-order valence-electron chi connectivity index (χ3n) is 2.59. The van der Waals surface area contributed by atoms with Gasteiger partial charge < -0.3 is 15.4 Å². The number of methoxy groups -OCH3 is 1. The molecule has 0 aliphatic rings. The highest BCUT2D eigenvalue weighted by atomic mass is 32.2. The third-order valence-corrected chi connectivity index (χ3v) is 3.84. The number of ether oxygens (including phenoxy) is 1. The van der Waals surface area contributed by atoms with Crippen LogP contribution in [0.1, 0.15) is 20.8 Å². The molecule has 1 aromatic heterocycles. The maximum atomic E-state index is 5.37. The molecule has 0 fully saturated rings. The molecule has 0 aliphatic carbocycles. The van der Waals surface area contributed by atoms with Gasteiger partial charge in [-0.15, -0.1) is 0 Å². The largest absolute Gasteiger partial charge is 0.490 e. The highest BCUT2D eigenvalue weighted by molar-refractivity contribution is 7.99. The lowest BCUT2D eigenvalue weighted by molar-refractivity contribution is 0.414. The number of hydrogen-bond acceptors (Lipinski definition) is 6. The quantitative estimate of drug-likeness (QED) is 0.794. The summed E-state index contributed by atoms with van der Waals surface area (Å²) in [6.07, 6.45) is 3.64. The molecule has 0 unspecified atom stereocenters. The smallest absolute Gasteiger partial charge is 0.204 e. The molecule has 0 amide bonds. The predicted molar refractivity (Wildman–Crippen MR) is 78.8 cm³/mol. The molecule has 0 saturated carbocycles. The van der Waals surface area contributed by atoms with Crippen LogP contribution in [0.3, 0.4) is 0 Å². The van der Waals surface area contributed by atoms with Crippen molar-refractivity contribution >= 4 is 23.4 Å². The van der Waals surface area contributed by atoms with E-state index < -0.39 is 0 Å². The van der Waals surface area contributed by atoms with Gasteiger partial charge in [-0.25, -0.2) is 9.97 Å². The summed E-state index contributed by atoms with van der Waals surface area (Å²) in [7, 11) is 1.63. The molecular weight excluding hydrogens is 248 g/mol. The molecule has 0 aromatic carbocycles. The lowest BCUT2D eigenvalue weighted by Gasteiger charge is -2.23. The number of hydrogen-bond donors (Lipinski definition) is 2. The molecule has 0 spiro atoms. The van der Waals surface area contributed by atoms with Crippen LogP contribution in [0, 0.1) is 0 Å². The van der Waals surface area contributed by atoms with E-state index in [1.165, 1.54) is 6.33 Å². The summed E-state index contributed by atoms with van der Waals surface area (Å²) in [5.41, 5.74) is 0. The first kappa shape index (κ1) is 14.9. The Kier molecular flexibility index (Phi) is 5.53. The fraction of sp³-hybridized carbons (Fsp3) is 0.667. The Morgan fingerprint density at radius 1 is 1.28 bits per heavy atom. The van der Waals surface area contributed by atoms with E-state index in [0.29, 0.717) is 5.75 Å². The van der Waals surface area contributed by atoms with Crippen LogP contribution in [0.15, 0.2) is 6.33 Å². The van der Waals surface area contributed by atoms with Crippen molar-refractivity contribution in [2.24, 2.45) is 0 Å². The summed E-state index contributed by atoms with van der Waals surface area (Å²) in [6.45, 7) is 7.99. The zero-order chi connectivity index (χ0) is 13.6. The number of nitrogens with one attached hydrogen (secondary N) is 2. The second kappa shape index (κ2) is 6.68. The maximum Gasteiger partial charge on any atom is 0.204 e. The molecule has 5 nitrogen and oxygen atoms in total. The Morgan fingerprint density at radius 3 is 2.39 bits per heavy atom. The summed E-state index contributed by atoms with van der Waals surface area (Å²) in [6, 6.07) is 0. The molecule has 0 bridgehead atoms. The highest BCUT2D eigenvalue weighted by Gasteiger charge is 2.18.